The van der Waals surface area contributed by atoms with Crippen LogP contribution in [0.15, 0.2) is 186 Å². The Morgan fingerprint density at radius 3 is 1.02 bits per heavy atom. The smallest absolute Gasteiger partial charge is 0.674 e. The zero-order valence-corrected chi connectivity index (χ0v) is 72.2. The van der Waals surface area contributed by atoms with Crippen LogP contribution in [-0.2, 0) is 36.0 Å². The molecule has 4 aliphatic carbocycles. The number of anilines is 4. The van der Waals surface area contributed by atoms with Crippen LogP contribution >= 0.6 is 0 Å². The molecule has 0 radical (unpaired) electrons. The van der Waals surface area contributed by atoms with Crippen LogP contribution in [0.4, 0.5) is 22.7 Å². The Morgan fingerprint density at radius 1 is 0.350 bits per heavy atom. The van der Waals surface area contributed by atoms with E-state index in [1.54, 1.807) is 0 Å². The molecule has 0 spiro atoms. The molecular weight excluding hydrogens is 1480 g/mol. The standard InChI is InChI=1S/C104H108N8O4.Co/c1-53-35-57(5)87(58(6)36-53)65-43-66(88-59(7)37-54(2)38-60(88)8)46-69(45-65)91-79-27-31-83(105-79)95(93-75(109-97(113)71-49-101(71,13)14)23-21-24-76(93)110-98(114)72-50-102(72,15)16)85-33-29-81(107-85)92(70-47-67(89-61(9)39-55(3)40-62(89)10)44-68(48-70)90-63(11)41-56(4)42-64(90)12)82-30-34-86(108-82)96(84-32-28-80(91)106-84)94-77(111-99(115)73-51-103(73,17)18)25-22-26-78(94)112-100(116)74-52-104(74,19)20;/h21-48,71-74,79H,49-52H2,1-20H3,(H7,105,106,107,108,109,110,111,112,113,114,115,116);/q;+3/p-3/b91-80-;/t71-,72-,73-,74-,79?;/m1./s1. The third-order valence-corrected chi connectivity index (χ3v) is 26.1. The Kier molecular flexibility index (Phi) is 19.9. The van der Waals surface area contributed by atoms with Crippen molar-refractivity contribution in [3.05, 3.63) is 298 Å². The van der Waals surface area contributed by atoms with Gasteiger partial charge in [0.05, 0.1) is 34.2 Å². The molecule has 3 aliphatic heterocycles. The van der Waals surface area contributed by atoms with Gasteiger partial charge in [0.2, 0.25) is 23.6 Å². The summed E-state index contributed by atoms with van der Waals surface area (Å²) in [6.07, 6.45) is 11.3. The van der Waals surface area contributed by atoms with E-state index in [2.05, 4.69) is 293 Å². The second-order valence-corrected chi connectivity index (χ2v) is 37.6. The zero-order valence-electron chi connectivity index (χ0n) is 71.1. The average Bonchev–Trinajstić information content (AvgIpc) is 1.60. The van der Waals surface area contributed by atoms with E-state index < -0.39 is 6.04 Å². The summed E-state index contributed by atoms with van der Waals surface area (Å²) >= 11 is 0. The van der Waals surface area contributed by atoms with Gasteiger partial charge in [-0.05, 0) is 320 Å². The second-order valence-electron chi connectivity index (χ2n) is 37.6. The van der Waals surface area contributed by atoms with E-state index in [-0.39, 0.29) is 85.7 Å². The predicted octanol–water partition coefficient (Wildman–Crippen LogP) is 21.9. The van der Waals surface area contributed by atoms with E-state index >= 15 is 0 Å². The van der Waals surface area contributed by atoms with Gasteiger partial charge < -0.3 is 36.6 Å². The number of rotatable bonds is 16. The molecule has 4 amide bonds. The molecule has 5 atom stereocenters. The summed E-state index contributed by atoms with van der Waals surface area (Å²) < 4.78 is 0. The Morgan fingerprint density at radius 2 is 0.667 bits per heavy atom. The molecule has 594 valence electrons. The number of nitrogens with zero attached hydrogens (tertiary/aromatic N) is 4. The van der Waals surface area contributed by atoms with Crippen molar-refractivity contribution < 1.29 is 36.0 Å². The Bertz CT molecular complexity index is 5940. The fourth-order valence-corrected chi connectivity index (χ4v) is 19.6. The van der Waals surface area contributed by atoms with Crippen LogP contribution in [0.3, 0.4) is 0 Å². The van der Waals surface area contributed by atoms with Gasteiger partial charge >= 0.3 is 16.8 Å². The predicted molar refractivity (Wildman–Crippen MR) is 475 cm³/mol. The van der Waals surface area contributed by atoms with Crippen LogP contribution in [-0.4, -0.2) is 35.4 Å². The summed E-state index contributed by atoms with van der Waals surface area (Å²) in [6, 6.07) is 51.0. The molecule has 2 aromatic heterocycles. The largest absolute Gasteiger partial charge is 3.00 e. The van der Waals surface area contributed by atoms with Crippen LogP contribution in [0.2, 0.25) is 0 Å². The van der Waals surface area contributed by atoms with Crippen molar-refractivity contribution in [2.24, 2.45) is 50.3 Å². The summed E-state index contributed by atoms with van der Waals surface area (Å²) in [5.41, 5.74) is 32.3. The summed E-state index contributed by atoms with van der Waals surface area (Å²) in [5.74, 6) is -1.36. The molecule has 13 heteroatoms. The van der Waals surface area contributed by atoms with E-state index in [4.69, 9.17) is 20.3 Å². The van der Waals surface area contributed by atoms with Crippen LogP contribution in [0, 0.1) is 128 Å². The monoisotopic (exact) mass is 1590 g/mol. The first-order valence-corrected chi connectivity index (χ1v) is 41.3. The van der Waals surface area contributed by atoms with E-state index in [1.807, 2.05) is 36.4 Å². The van der Waals surface area contributed by atoms with Crippen molar-refractivity contribution in [1.29, 1.82) is 0 Å². The van der Waals surface area contributed by atoms with Gasteiger partial charge in [-0.15, -0.1) is 27.8 Å². The second kappa shape index (κ2) is 29.2. The molecular formula is C104H105CoN8O4. The van der Waals surface area contributed by atoms with Gasteiger partial charge in [0.25, 0.3) is 0 Å². The number of aromatic nitrogens is 2. The van der Waals surface area contributed by atoms with Crippen LogP contribution in [0.25, 0.3) is 72.1 Å². The molecule has 117 heavy (non-hydrogen) atoms. The molecule has 4 N–H and O–H groups in total. The zero-order chi connectivity index (χ0) is 82.0. The maximum absolute atomic E-state index is 15.0. The Balaban J connectivity index is 0.0000102. The van der Waals surface area contributed by atoms with Gasteiger partial charge in [0.15, 0.2) is 0 Å². The van der Waals surface area contributed by atoms with Gasteiger partial charge in [-0.2, -0.15) is 0 Å². The molecule has 4 fully saturated rings. The maximum atomic E-state index is 15.0. The van der Waals surface area contributed by atoms with Gasteiger partial charge in [0.1, 0.15) is 0 Å². The molecule has 0 saturated heterocycles. The van der Waals surface area contributed by atoms with Crippen molar-refractivity contribution in [3.8, 4) is 44.5 Å². The number of allylic oxidation sites excluding steroid dienone is 3. The number of aliphatic imine (C=N–C) groups is 1. The number of amides is 4. The van der Waals surface area contributed by atoms with Crippen molar-refractivity contribution in [2.75, 3.05) is 21.3 Å². The third-order valence-electron chi connectivity index (χ3n) is 26.1. The number of hydrogen-bond donors (Lipinski definition) is 4. The number of hydrogen-bond acceptors (Lipinski definition) is 5. The number of fused-ring (bicyclic) bond motifs is 7. The third kappa shape index (κ3) is 14.9. The first kappa shape index (κ1) is 79.7. The molecule has 7 aliphatic rings. The number of nitrogens with one attached hydrogen (secondary N) is 4. The molecule has 17 rings (SSSR count). The van der Waals surface area contributed by atoms with E-state index in [0.717, 1.165) is 137 Å². The van der Waals surface area contributed by atoms with Gasteiger partial charge in [-0.3, -0.25) is 19.2 Å². The topological polar surface area (TPSA) is 171 Å². The summed E-state index contributed by atoms with van der Waals surface area (Å²) in [4.78, 5) is 77.9. The Hall–Kier alpha value is -11.1. The minimum Gasteiger partial charge on any atom is -0.674 e. The SMILES string of the molecule is Cc1cc(C)c(-c2cc(/C3=C4\C=CC(=N4)/C(c4c(NC(=O)[C@H]5CC5(C)C)cccc4NC(=O)[C@H]4CC4(C)C)=c4/cc/c([n-]4)=C(\c4cc(-c5c(C)cc(C)cc5C)cc(-c5c(C)cc(C)cc5C)c4)C4C=C/C(=C(\c5c(NC(=O)[C@H]6CC6(C)C)cccc5NC(=O)[C@H]5CC5(C)C)c5ccc3[n-]5)[N-]4)cc(-c3c(C)cc(C)cc3C)c2)c(C)c1.[Co+3]. The van der Waals surface area contributed by atoms with Crippen LogP contribution in [0.1, 0.15) is 181 Å². The average molecular weight is 1590 g/mol. The normalized spacial score (nSPS) is 22.0. The number of aryl methyl sites for hydroxylation is 12. The first-order chi connectivity index (χ1) is 55.0. The fourth-order valence-electron chi connectivity index (χ4n) is 19.6. The van der Waals surface area contributed by atoms with E-state index in [0.29, 0.717) is 84.2 Å². The summed E-state index contributed by atoms with van der Waals surface area (Å²) in [5, 5.41) is 21.1. The molecule has 10 aromatic rings. The minimum absolute atomic E-state index is 0. The molecule has 5 heterocycles. The van der Waals surface area contributed by atoms with Gasteiger partial charge in [-0.1, -0.05) is 186 Å². The first-order valence-electron chi connectivity index (χ1n) is 41.3. The minimum atomic E-state index is -0.726. The van der Waals surface area contributed by atoms with E-state index in [9.17, 15) is 19.2 Å². The molecule has 12 nitrogen and oxygen atoms in total. The van der Waals surface area contributed by atoms with Crippen molar-refractivity contribution in [2.45, 2.75) is 170 Å². The number of benzene rings is 8. The van der Waals surface area contributed by atoms with Crippen molar-refractivity contribution >= 4 is 74.4 Å². The molecule has 1 unspecified atom stereocenters. The number of carbonyl (C=O) groups is 4. The van der Waals surface area contributed by atoms with Gasteiger partial charge in [-0.25, -0.2) is 4.99 Å². The van der Waals surface area contributed by atoms with Crippen molar-refractivity contribution in [3.63, 3.8) is 0 Å². The number of carbonyl (C=O) groups excluding carboxylic acids is 4. The summed E-state index contributed by atoms with van der Waals surface area (Å²) in [6.45, 7) is 43.2. The maximum Gasteiger partial charge on any atom is 3.00 e. The Labute approximate surface area is 699 Å². The van der Waals surface area contributed by atoms with Crippen LogP contribution < -0.4 is 41.9 Å². The fraction of sp³-hybridized carbons (Fsp3) is 0.317. The van der Waals surface area contributed by atoms with Crippen molar-refractivity contribution in [1.82, 2.24) is 9.97 Å². The molecule has 8 bridgehead atoms. The quantitative estimate of drug-likeness (QED) is 0.0750. The summed E-state index contributed by atoms with van der Waals surface area (Å²) in [7, 11) is 0. The van der Waals surface area contributed by atoms with Crippen LogP contribution in [0.5, 0.6) is 0 Å². The molecule has 4 saturated carbocycles. The van der Waals surface area contributed by atoms with Gasteiger partial charge in [0, 0.05) is 34.8 Å². The molecule has 8 aromatic carbocycles. The van der Waals surface area contributed by atoms with E-state index in [1.165, 1.54) is 22.3 Å².